The van der Waals surface area contributed by atoms with Crippen LogP contribution >= 0.6 is 0 Å². The molecule has 4 aromatic rings. The molecule has 190 valence electrons. The van der Waals surface area contributed by atoms with Crippen LogP contribution in [-0.4, -0.2) is 58.7 Å². The Labute approximate surface area is 215 Å². The fourth-order valence-corrected chi connectivity index (χ4v) is 6.34. The largest absolute Gasteiger partial charge is 0.497 e. The second-order valence-electron chi connectivity index (χ2n) is 10.2. The van der Waals surface area contributed by atoms with Gasteiger partial charge in [-0.25, -0.2) is 4.39 Å². The van der Waals surface area contributed by atoms with Crippen LogP contribution in [0.4, 0.5) is 4.39 Å². The number of likely N-dealkylation sites (tertiary alicyclic amines) is 1. The fourth-order valence-electron chi connectivity index (χ4n) is 6.34. The van der Waals surface area contributed by atoms with Gasteiger partial charge in [-0.15, -0.1) is 0 Å². The summed E-state index contributed by atoms with van der Waals surface area (Å²) in [6.45, 7) is 2.32. The zero-order valence-electron chi connectivity index (χ0n) is 21.0. The minimum Gasteiger partial charge on any atom is -0.497 e. The predicted molar refractivity (Wildman–Crippen MR) is 140 cm³/mol. The number of ether oxygens (including phenoxy) is 1. The number of methoxy groups -OCH3 is 1. The molecule has 37 heavy (non-hydrogen) atoms. The number of nitrogens with zero attached hydrogens (tertiary/aromatic N) is 3. The van der Waals surface area contributed by atoms with Crippen molar-refractivity contribution in [2.45, 2.75) is 18.0 Å². The molecule has 1 fully saturated rings. The molecular weight excluding hydrogens is 469 g/mol. The van der Waals surface area contributed by atoms with Crippen LogP contribution in [0.25, 0.3) is 10.9 Å². The highest BCUT2D eigenvalue weighted by Gasteiger charge is 2.54. The molecule has 0 radical (unpaired) electrons. The summed E-state index contributed by atoms with van der Waals surface area (Å²) in [5, 5.41) is 11.7. The molecule has 1 saturated heterocycles. The number of benzene rings is 3. The van der Waals surface area contributed by atoms with E-state index in [4.69, 9.17) is 4.74 Å². The van der Waals surface area contributed by atoms with Crippen LogP contribution < -0.4 is 4.74 Å². The van der Waals surface area contributed by atoms with Gasteiger partial charge >= 0.3 is 0 Å². The number of rotatable bonds is 5. The number of carbonyl (C=O) groups excluding carboxylic acids is 1. The maximum absolute atomic E-state index is 14.4. The van der Waals surface area contributed by atoms with E-state index in [0.717, 1.165) is 22.3 Å². The molecule has 0 unspecified atom stereocenters. The van der Waals surface area contributed by atoms with Crippen LogP contribution in [0.1, 0.15) is 33.2 Å². The van der Waals surface area contributed by atoms with Gasteiger partial charge in [0, 0.05) is 55.8 Å². The molecule has 6 rings (SSSR count). The minimum atomic E-state index is -0.499. The Morgan fingerprint density at radius 3 is 2.49 bits per heavy atom. The molecule has 1 aromatic heterocycles. The molecule has 0 aliphatic carbocycles. The molecule has 3 heterocycles. The summed E-state index contributed by atoms with van der Waals surface area (Å²) < 4.78 is 22.1. The van der Waals surface area contributed by atoms with Crippen LogP contribution in [0, 0.1) is 5.82 Å². The Morgan fingerprint density at radius 2 is 1.78 bits per heavy atom. The van der Waals surface area contributed by atoms with Crippen molar-refractivity contribution in [3.8, 4) is 5.75 Å². The average Bonchev–Trinajstić information content (AvgIpc) is 3.19. The lowest BCUT2D eigenvalue weighted by atomic mass is 9.68. The molecule has 1 spiro atoms. The fraction of sp³-hybridized carbons (Fsp3) is 0.300. The van der Waals surface area contributed by atoms with E-state index in [1.807, 2.05) is 37.4 Å². The minimum absolute atomic E-state index is 0.0188. The SMILES string of the molecule is COc1ccc2c3c(n(C)c2c1)[C@H](CO)N(Cc1ccccc1)CC31CN(C(=O)c2ccccc2F)C1. The van der Waals surface area contributed by atoms with E-state index >= 15 is 0 Å². The Bertz CT molecular complexity index is 1480. The van der Waals surface area contributed by atoms with Crippen molar-refractivity contribution in [2.24, 2.45) is 7.05 Å². The molecule has 1 amide bonds. The van der Waals surface area contributed by atoms with Crippen molar-refractivity contribution in [1.82, 2.24) is 14.4 Å². The second-order valence-corrected chi connectivity index (χ2v) is 10.2. The third kappa shape index (κ3) is 3.72. The van der Waals surface area contributed by atoms with E-state index in [9.17, 15) is 14.3 Å². The molecule has 0 saturated carbocycles. The lowest BCUT2D eigenvalue weighted by molar-refractivity contribution is -0.00390. The molecular formula is C30H30FN3O3. The van der Waals surface area contributed by atoms with Gasteiger partial charge in [-0.05, 0) is 35.4 Å². The topological polar surface area (TPSA) is 57.9 Å². The van der Waals surface area contributed by atoms with Gasteiger partial charge in [-0.2, -0.15) is 0 Å². The van der Waals surface area contributed by atoms with Gasteiger partial charge in [0.05, 0.1) is 30.8 Å². The molecule has 6 nitrogen and oxygen atoms in total. The summed E-state index contributed by atoms with van der Waals surface area (Å²) in [6.07, 6.45) is 0. The number of fused-ring (bicyclic) bond motifs is 4. The number of hydrogen-bond acceptors (Lipinski definition) is 4. The van der Waals surface area contributed by atoms with Crippen molar-refractivity contribution in [3.05, 3.63) is 101 Å². The molecule has 1 N–H and O–H groups in total. The van der Waals surface area contributed by atoms with Crippen molar-refractivity contribution >= 4 is 16.8 Å². The highest BCUT2D eigenvalue weighted by Crippen LogP contribution is 2.50. The molecule has 1 atom stereocenters. The lowest BCUT2D eigenvalue weighted by Gasteiger charge is -2.56. The predicted octanol–water partition coefficient (Wildman–Crippen LogP) is 4.27. The van der Waals surface area contributed by atoms with Crippen LogP contribution in [0.15, 0.2) is 72.8 Å². The molecule has 7 heteroatoms. The average molecular weight is 500 g/mol. The van der Waals surface area contributed by atoms with Gasteiger partial charge in [-0.3, -0.25) is 9.69 Å². The van der Waals surface area contributed by atoms with Gasteiger partial charge in [-0.1, -0.05) is 42.5 Å². The summed E-state index contributed by atoms with van der Waals surface area (Å²) in [7, 11) is 3.69. The third-order valence-corrected chi connectivity index (χ3v) is 8.03. The third-order valence-electron chi connectivity index (χ3n) is 8.03. The molecule has 2 aliphatic rings. The molecule has 2 aliphatic heterocycles. The van der Waals surface area contributed by atoms with Crippen LogP contribution in [0.2, 0.25) is 0 Å². The quantitative estimate of drug-likeness (QED) is 0.446. The Kier molecular flexibility index (Phi) is 5.77. The number of aliphatic hydroxyl groups excluding tert-OH is 1. The maximum atomic E-state index is 14.4. The van der Waals surface area contributed by atoms with Crippen LogP contribution in [-0.2, 0) is 19.0 Å². The van der Waals surface area contributed by atoms with Gasteiger partial charge in [0.2, 0.25) is 0 Å². The maximum Gasteiger partial charge on any atom is 0.256 e. The van der Waals surface area contributed by atoms with E-state index in [1.165, 1.54) is 17.2 Å². The van der Waals surface area contributed by atoms with Crippen molar-refractivity contribution in [2.75, 3.05) is 33.4 Å². The van der Waals surface area contributed by atoms with E-state index < -0.39 is 5.82 Å². The standard InChI is InChI=1S/C30H30FN3O3/c1-32-25-14-21(37-2)12-13-23(25)27-28(32)26(16-35)33(15-20-8-4-3-5-9-20)17-30(27)18-34(19-30)29(36)22-10-6-7-11-24(22)31/h3-14,26,35H,15-19H2,1-2H3/t26-/m0/s1. The van der Waals surface area contributed by atoms with Gasteiger partial charge in [0.25, 0.3) is 5.91 Å². The van der Waals surface area contributed by atoms with Crippen molar-refractivity contribution in [1.29, 1.82) is 0 Å². The highest BCUT2D eigenvalue weighted by atomic mass is 19.1. The van der Waals surface area contributed by atoms with Gasteiger partial charge < -0.3 is 19.3 Å². The normalized spacial score (nSPS) is 18.6. The van der Waals surface area contributed by atoms with E-state index in [0.29, 0.717) is 26.2 Å². The summed E-state index contributed by atoms with van der Waals surface area (Å²) in [5.41, 5.74) is 4.20. The number of hydrogen-bond donors (Lipinski definition) is 1. The number of carbonyl (C=O) groups is 1. The first-order chi connectivity index (χ1) is 18.0. The number of amides is 1. The first-order valence-electron chi connectivity index (χ1n) is 12.6. The molecule has 0 bridgehead atoms. The summed E-state index contributed by atoms with van der Waals surface area (Å²) in [4.78, 5) is 17.3. The van der Waals surface area contributed by atoms with E-state index in [-0.39, 0.29) is 29.5 Å². The second kappa shape index (κ2) is 9.01. The molecule has 3 aromatic carbocycles. The van der Waals surface area contributed by atoms with Crippen LogP contribution in [0.5, 0.6) is 5.75 Å². The Morgan fingerprint density at radius 1 is 1.05 bits per heavy atom. The smallest absolute Gasteiger partial charge is 0.256 e. The van der Waals surface area contributed by atoms with Crippen molar-refractivity contribution < 1.29 is 19.0 Å². The first kappa shape index (κ1) is 23.7. The number of halogens is 1. The van der Waals surface area contributed by atoms with Crippen molar-refractivity contribution in [3.63, 3.8) is 0 Å². The Balaban J connectivity index is 1.45. The summed E-state index contributed by atoms with van der Waals surface area (Å²) >= 11 is 0. The van der Waals surface area contributed by atoms with E-state index in [2.05, 4.69) is 27.7 Å². The van der Waals surface area contributed by atoms with Gasteiger partial charge in [0.15, 0.2) is 0 Å². The number of aliphatic hydroxyl groups is 1. The first-order valence-corrected chi connectivity index (χ1v) is 12.6. The summed E-state index contributed by atoms with van der Waals surface area (Å²) in [6, 6.07) is 22.3. The van der Waals surface area contributed by atoms with Crippen LogP contribution in [0.3, 0.4) is 0 Å². The Hall–Kier alpha value is -3.68. The zero-order chi connectivity index (χ0) is 25.7. The number of aromatic nitrogens is 1. The number of aryl methyl sites for hydroxylation is 1. The highest BCUT2D eigenvalue weighted by molar-refractivity contribution is 5.96. The van der Waals surface area contributed by atoms with E-state index in [1.54, 1.807) is 30.2 Å². The lowest BCUT2D eigenvalue weighted by Crippen LogP contribution is -2.67. The zero-order valence-corrected chi connectivity index (χ0v) is 21.0. The van der Waals surface area contributed by atoms with Gasteiger partial charge in [0.1, 0.15) is 11.6 Å². The summed E-state index contributed by atoms with van der Waals surface area (Å²) in [5.74, 6) is -0.0155. The monoisotopic (exact) mass is 499 g/mol.